The van der Waals surface area contributed by atoms with Gasteiger partial charge in [-0.3, -0.25) is 4.79 Å². The maximum absolute atomic E-state index is 11.7. The monoisotopic (exact) mass is 227 g/mol. The van der Waals surface area contributed by atoms with Crippen LogP contribution in [0.5, 0.6) is 0 Å². The SMILES string of the molecule is O=C(OCC1CCOCC1)[C@@H]1CCCCN1. The van der Waals surface area contributed by atoms with Crippen LogP contribution in [0.4, 0.5) is 0 Å². The number of hydrogen-bond acceptors (Lipinski definition) is 4. The van der Waals surface area contributed by atoms with E-state index in [0.29, 0.717) is 12.5 Å². The Morgan fingerprint density at radius 3 is 2.75 bits per heavy atom. The zero-order valence-electron chi connectivity index (χ0n) is 9.74. The highest BCUT2D eigenvalue weighted by Crippen LogP contribution is 2.16. The number of carbonyl (C=O) groups excluding carboxylic acids is 1. The molecule has 92 valence electrons. The summed E-state index contributed by atoms with van der Waals surface area (Å²) in [6, 6.07) is -0.0615. The quantitative estimate of drug-likeness (QED) is 0.733. The molecule has 0 aromatic rings. The van der Waals surface area contributed by atoms with Gasteiger partial charge in [-0.1, -0.05) is 6.42 Å². The van der Waals surface area contributed by atoms with E-state index in [1.807, 2.05) is 0 Å². The van der Waals surface area contributed by atoms with Crippen molar-refractivity contribution in [1.29, 1.82) is 0 Å². The minimum Gasteiger partial charge on any atom is -0.464 e. The number of ether oxygens (including phenoxy) is 2. The van der Waals surface area contributed by atoms with Crippen molar-refractivity contribution in [2.24, 2.45) is 5.92 Å². The molecule has 1 N–H and O–H groups in total. The number of piperidine rings is 1. The molecule has 2 rings (SSSR count). The van der Waals surface area contributed by atoms with Crippen molar-refractivity contribution in [2.45, 2.75) is 38.1 Å². The summed E-state index contributed by atoms with van der Waals surface area (Å²) in [6.07, 6.45) is 5.26. The molecule has 0 aromatic carbocycles. The van der Waals surface area contributed by atoms with Crippen molar-refractivity contribution >= 4 is 5.97 Å². The van der Waals surface area contributed by atoms with Crippen LogP contribution in [0.15, 0.2) is 0 Å². The molecule has 4 nitrogen and oxygen atoms in total. The van der Waals surface area contributed by atoms with Gasteiger partial charge in [0, 0.05) is 13.2 Å². The van der Waals surface area contributed by atoms with Crippen LogP contribution in [0.25, 0.3) is 0 Å². The van der Waals surface area contributed by atoms with Gasteiger partial charge in [-0.05, 0) is 38.1 Å². The standard InChI is InChI=1S/C12H21NO3/c14-12(11-3-1-2-6-13-11)16-9-10-4-7-15-8-5-10/h10-11,13H,1-9H2/t11-/m0/s1. The van der Waals surface area contributed by atoms with Crippen LogP contribution in [0.2, 0.25) is 0 Å². The fourth-order valence-corrected chi connectivity index (χ4v) is 2.27. The molecule has 2 heterocycles. The van der Waals surface area contributed by atoms with Gasteiger partial charge in [0.05, 0.1) is 6.61 Å². The van der Waals surface area contributed by atoms with Gasteiger partial charge in [0.15, 0.2) is 0 Å². The van der Waals surface area contributed by atoms with Crippen LogP contribution < -0.4 is 5.32 Å². The average Bonchev–Trinajstić information content (AvgIpc) is 2.38. The number of carbonyl (C=O) groups is 1. The number of nitrogens with one attached hydrogen (secondary N) is 1. The van der Waals surface area contributed by atoms with Gasteiger partial charge < -0.3 is 14.8 Å². The summed E-state index contributed by atoms with van der Waals surface area (Å²) in [6.45, 7) is 3.13. The van der Waals surface area contributed by atoms with Crippen molar-refractivity contribution in [2.75, 3.05) is 26.4 Å². The van der Waals surface area contributed by atoms with E-state index in [1.54, 1.807) is 0 Å². The second-order valence-electron chi connectivity index (χ2n) is 4.69. The highest BCUT2D eigenvalue weighted by molar-refractivity contribution is 5.75. The largest absolute Gasteiger partial charge is 0.464 e. The molecule has 0 spiro atoms. The van der Waals surface area contributed by atoms with E-state index in [9.17, 15) is 4.79 Å². The average molecular weight is 227 g/mol. The molecule has 0 aromatic heterocycles. The van der Waals surface area contributed by atoms with Crippen molar-refractivity contribution in [3.8, 4) is 0 Å². The van der Waals surface area contributed by atoms with Crippen LogP contribution >= 0.6 is 0 Å². The Hall–Kier alpha value is -0.610. The minimum atomic E-state index is -0.0637. The first kappa shape index (κ1) is 11.9. The van der Waals surface area contributed by atoms with Crippen LogP contribution in [0.3, 0.4) is 0 Å². The van der Waals surface area contributed by atoms with Gasteiger partial charge >= 0.3 is 5.97 Å². The van der Waals surface area contributed by atoms with E-state index >= 15 is 0 Å². The van der Waals surface area contributed by atoms with E-state index in [2.05, 4.69) is 5.32 Å². The summed E-state index contributed by atoms with van der Waals surface area (Å²) in [5.41, 5.74) is 0. The van der Waals surface area contributed by atoms with Crippen LogP contribution in [0, 0.1) is 5.92 Å². The fraction of sp³-hybridized carbons (Fsp3) is 0.917. The first-order valence-electron chi connectivity index (χ1n) is 6.34. The zero-order valence-corrected chi connectivity index (χ0v) is 9.74. The van der Waals surface area contributed by atoms with Gasteiger partial charge in [0.2, 0.25) is 0 Å². The summed E-state index contributed by atoms with van der Waals surface area (Å²) in [5, 5.41) is 3.21. The number of rotatable bonds is 3. The third-order valence-corrected chi connectivity index (χ3v) is 3.40. The van der Waals surface area contributed by atoms with Crippen molar-refractivity contribution in [3.05, 3.63) is 0 Å². The van der Waals surface area contributed by atoms with Gasteiger partial charge in [0.25, 0.3) is 0 Å². The molecular formula is C12H21NO3. The van der Waals surface area contributed by atoms with Gasteiger partial charge in [-0.25, -0.2) is 0 Å². The third kappa shape index (κ3) is 3.46. The molecule has 2 fully saturated rings. The van der Waals surface area contributed by atoms with Crippen LogP contribution in [-0.2, 0) is 14.3 Å². The normalized spacial score (nSPS) is 27.6. The summed E-state index contributed by atoms with van der Waals surface area (Å²) in [7, 11) is 0. The molecule has 2 aliphatic heterocycles. The Morgan fingerprint density at radius 2 is 2.06 bits per heavy atom. The number of hydrogen-bond donors (Lipinski definition) is 1. The van der Waals surface area contributed by atoms with E-state index in [0.717, 1.165) is 45.4 Å². The third-order valence-electron chi connectivity index (χ3n) is 3.40. The molecule has 0 aliphatic carbocycles. The maximum atomic E-state index is 11.7. The molecule has 0 bridgehead atoms. The Bertz CT molecular complexity index is 220. The Kier molecular flexibility index (Phi) is 4.60. The van der Waals surface area contributed by atoms with Crippen LogP contribution in [0.1, 0.15) is 32.1 Å². The van der Waals surface area contributed by atoms with Crippen molar-refractivity contribution < 1.29 is 14.3 Å². The van der Waals surface area contributed by atoms with Crippen molar-refractivity contribution in [3.63, 3.8) is 0 Å². The van der Waals surface area contributed by atoms with Crippen molar-refractivity contribution in [1.82, 2.24) is 5.32 Å². The molecule has 2 saturated heterocycles. The summed E-state index contributed by atoms with van der Waals surface area (Å²) < 4.78 is 10.6. The highest BCUT2D eigenvalue weighted by atomic mass is 16.5. The zero-order chi connectivity index (χ0) is 11.2. The second-order valence-corrected chi connectivity index (χ2v) is 4.69. The van der Waals surface area contributed by atoms with E-state index in [-0.39, 0.29) is 12.0 Å². The first-order valence-corrected chi connectivity index (χ1v) is 6.34. The molecule has 0 radical (unpaired) electrons. The molecule has 4 heteroatoms. The highest BCUT2D eigenvalue weighted by Gasteiger charge is 2.23. The molecule has 0 unspecified atom stereocenters. The fourth-order valence-electron chi connectivity index (χ4n) is 2.27. The number of esters is 1. The summed E-state index contributed by atoms with van der Waals surface area (Å²) in [4.78, 5) is 11.7. The predicted molar refractivity (Wildman–Crippen MR) is 60.1 cm³/mol. The lowest BCUT2D eigenvalue weighted by molar-refractivity contribution is -0.149. The Labute approximate surface area is 96.7 Å². The minimum absolute atomic E-state index is 0.0615. The van der Waals surface area contributed by atoms with Crippen LogP contribution in [-0.4, -0.2) is 38.4 Å². The maximum Gasteiger partial charge on any atom is 0.323 e. The summed E-state index contributed by atoms with van der Waals surface area (Å²) >= 11 is 0. The van der Waals surface area contributed by atoms with E-state index < -0.39 is 0 Å². The second kappa shape index (κ2) is 6.21. The topological polar surface area (TPSA) is 47.6 Å². The Balaban J connectivity index is 1.65. The lowest BCUT2D eigenvalue weighted by atomic mass is 10.0. The lowest BCUT2D eigenvalue weighted by Gasteiger charge is -2.25. The molecule has 0 saturated carbocycles. The molecule has 16 heavy (non-hydrogen) atoms. The summed E-state index contributed by atoms with van der Waals surface area (Å²) in [5.74, 6) is 0.437. The van der Waals surface area contributed by atoms with E-state index in [4.69, 9.17) is 9.47 Å². The van der Waals surface area contributed by atoms with Gasteiger partial charge in [-0.15, -0.1) is 0 Å². The first-order chi connectivity index (χ1) is 7.86. The molecular weight excluding hydrogens is 206 g/mol. The molecule has 1 atom stereocenters. The van der Waals surface area contributed by atoms with Gasteiger partial charge in [0.1, 0.15) is 6.04 Å². The smallest absolute Gasteiger partial charge is 0.323 e. The predicted octanol–water partition coefficient (Wildman–Crippen LogP) is 1.10. The lowest BCUT2D eigenvalue weighted by Crippen LogP contribution is -2.42. The van der Waals surface area contributed by atoms with E-state index in [1.165, 1.54) is 6.42 Å². The molecule has 2 aliphatic rings. The Morgan fingerprint density at radius 1 is 1.25 bits per heavy atom. The molecule has 0 amide bonds. The van der Waals surface area contributed by atoms with Gasteiger partial charge in [-0.2, -0.15) is 0 Å².